The van der Waals surface area contributed by atoms with Crippen molar-refractivity contribution in [1.29, 1.82) is 0 Å². The lowest BCUT2D eigenvalue weighted by Gasteiger charge is -2.50. The van der Waals surface area contributed by atoms with Crippen LogP contribution >= 0.6 is 0 Å². The van der Waals surface area contributed by atoms with Gasteiger partial charge in [-0.25, -0.2) is 4.39 Å². The number of halogens is 4. The van der Waals surface area contributed by atoms with Crippen molar-refractivity contribution in [2.45, 2.75) is 57.5 Å². The SMILES string of the molecule is Cc1cc(F)ccc1[C@@H]1CNCCC12CCN(C(=O)C(C)(C)c1cccc(C(F)(F)F)c1)CC2. The fourth-order valence-corrected chi connectivity index (χ4v) is 5.80. The van der Waals surface area contributed by atoms with Crippen LogP contribution in [0.4, 0.5) is 17.6 Å². The summed E-state index contributed by atoms with van der Waals surface area (Å²) in [5.41, 5.74) is 0.678. The first-order chi connectivity index (χ1) is 15.9. The number of piperidine rings is 2. The molecular weight excluding hydrogens is 444 g/mol. The van der Waals surface area contributed by atoms with E-state index in [1.54, 1.807) is 26.0 Å². The number of carbonyl (C=O) groups excluding carboxylic acids is 1. The van der Waals surface area contributed by atoms with Gasteiger partial charge in [-0.05, 0) is 86.9 Å². The van der Waals surface area contributed by atoms with Crippen LogP contribution in [0.1, 0.15) is 61.3 Å². The van der Waals surface area contributed by atoms with Gasteiger partial charge >= 0.3 is 6.18 Å². The summed E-state index contributed by atoms with van der Waals surface area (Å²) >= 11 is 0. The summed E-state index contributed by atoms with van der Waals surface area (Å²) in [4.78, 5) is 15.3. The largest absolute Gasteiger partial charge is 0.416 e. The Morgan fingerprint density at radius 3 is 2.35 bits per heavy atom. The molecule has 2 aliphatic rings. The number of hydrogen-bond acceptors (Lipinski definition) is 2. The third-order valence-electron chi connectivity index (χ3n) is 7.99. The number of rotatable bonds is 3. The van der Waals surface area contributed by atoms with Crippen LogP contribution in [0.15, 0.2) is 42.5 Å². The van der Waals surface area contributed by atoms with Crippen molar-refractivity contribution >= 4 is 5.91 Å². The van der Waals surface area contributed by atoms with Crippen molar-refractivity contribution in [3.63, 3.8) is 0 Å². The van der Waals surface area contributed by atoms with Gasteiger partial charge in [0, 0.05) is 25.6 Å². The molecule has 1 amide bonds. The van der Waals surface area contributed by atoms with Crippen molar-refractivity contribution in [2.75, 3.05) is 26.2 Å². The normalized spacial score (nSPS) is 21.0. The second kappa shape index (κ2) is 8.99. The summed E-state index contributed by atoms with van der Waals surface area (Å²) in [6.45, 7) is 8.19. The van der Waals surface area contributed by atoms with E-state index in [0.717, 1.165) is 55.6 Å². The van der Waals surface area contributed by atoms with E-state index in [9.17, 15) is 22.4 Å². The van der Waals surface area contributed by atoms with Gasteiger partial charge in [-0.15, -0.1) is 0 Å². The summed E-state index contributed by atoms with van der Waals surface area (Å²) in [5.74, 6) is -0.156. The predicted molar refractivity (Wildman–Crippen MR) is 124 cm³/mol. The zero-order valence-corrected chi connectivity index (χ0v) is 19.9. The molecule has 0 aromatic heterocycles. The van der Waals surface area contributed by atoms with Crippen molar-refractivity contribution in [3.8, 4) is 0 Å². The van der Waals surface area contributed by atoms with Crippen LogP contribution in [-0.2, 0) is 16.4 Å². The Kier molecular flexibility index (Phi) is 6.53. The van der Waals surface area contributed by atoms with E-state index in [1.807, 2.05) is 17.9 Å². The van der Waals surface area contributed by atoms with Crippen LogP contribution in [-0.4, -0.2) is 37.0 Å². The number of alkyl halides is 3. The highest BCUT2D eigenvalue weighted by Crippen LogP contribution is 2.49. The molecule has 1 N–H and O–H groups in total. The monoisotopic (exact) mass is 476 g/mol. The highest BCUT2D eigenvalue weighted by Gasteiger charge is 2.46. The highest BCUT2D eigenvalue weighted by atomic mass is 19.4. The summed E-state index contributed by atoms with van der Waals surface area (Å²) in [6, 6.07) is 10.1. The van der Waals surface area contributed by atoms with E-state index in [1.165, 1.54) is 12.1 Å². The van der Waals surface area contributed by atoms with E-state index in [-0.39, 0.29) is 23.1 Å². The Morgan fingerprint density at radius 2 is 1.71 bits per heavy atom. The number of benzene rings is 2. The van der Waals surface area contributed by atoms with E-state index in [2.05, 4.69) is 5.32 Å². The van der Waals surface area contributed by atoms with Gasteiger partial charge < -0.3 is 10.2 Å². The molecular formula is C27H32F4N2O. The minimum Gasteiger partial charge on any atom is -0.342 e. The fraction of sp³-hybridized carbons (Fsp3) is 0.519. The number of amides is 1. The first kappa shape index (κ1) is 24.7. The van der Waals surface area contributed by atoms with Crippen LogP contribution in [0.2, 0.25) is 0 Å². The molecule has 3 nitrogen and oxygen atoms in total. The van der Waals surface area contributed by atoms with Gasteiger partial charge in [0.25, 0.3) is 0 Å². The summed E-state index contributed by atoms with van der Waals surface area (Å²) in [5, 5.41) is 3.48. The Morgan fingerprint density at radius 1 is 1.03 bits per heavy atom. The van der Waals surface area contributed by atoms with Gasteiger partial charge in [-0.1, -0.05) is 24.3 Å². The maximum atomic E-state index is 13.7. The van der Waals surface area contributed by atoms with E-state index < -0.39 is 17.2 Å². The van der Waals surface area contributed by atoms with Crippen LogP contribution < -0.4 is 5.32 Å². The van der Waals surface area contributed by atoms with Gasteiger partial charge in [0.05, 0.1) is 11.0 Å². The molecule has 2 aromatic rings. The Labute approximate surface area is 198 Å². The Balaban J connectivity index is 1.52. The quantitative estimate of drug-likeness (QED) is 0.567. The molecule has 2 aliphatic heterocycles. The van der Waals surface area contributed by atoms with E-state index in [4.69, 9.17) is 0 Å². The molecule has 34 heavy (non-hydrogen) atoms. The molecule has 4 rings (SSSR count). The minimum atomic E-state index is -4.45. The maximum Gasteiger partial charge on any atom is 0.416 e. The molecule has 2 fully saturated rings. The molecule has 0 aliphatic carbocycles. The second-order valence-corrected chi connectivity index (χ2v) is 10.4. The highest BCUT2D eigenvalue weighted by molar-refractivity contribution is 5.87. The summed E-state index contributed by atoms with van der Waals surface area (Å²) in [6.07, 6.45) is -1.83. The van der Waals surface area contributed by atoms with Crippen molar-refractivity contribution in [3.05, 3.63) is 70.5 Å². The molecule has 7 heteroatoms. The number of nitrogens with zero attached hydrogens (tertiary/aromatic N) is 1. The van der Waals surface area contributed by atoms with Crippen molar-refractivity contribution < 1.29 is 22.4 Å². The van der Waals surface area contributed by atoms with Gasteiger partial charge in [0.1, 0.15) is 5.82 Å². The molecule has 2 aromatic carbocycles. The van der Waals surface area contributed by atoms with E-state index >= 15 is 0 Å². The number of carbonyl (C=O) groups is 1. The number of aryl methyl sites for hydroxylation is 1. The van der Waals surface area contributed by atoms with Gasteiger partial charge in [0.15, 0.2) is 0 Å². The lowest BCUT2D eigenvalue weighted by atomic mass is 9.62. The zero-order chi connectivity index (χ0) is 24.7. The third kappa shape index (κ3) is 4.59. The van der Waals surface area contributed by atoms with Crippen molar-refractivity contribution in [2.24, 2.45) is 5.41 Å². The zero-order valence-electron chi connectivity index (χ0n) is 19.9. The molecule has 0 unspecified atom stereocenters. The van der Waals surface area contributed by atoms with E-state index in [0.29, 0.717) is 18.7 Å². The molecule has 2 heterocycles. The smallest absolute Gasteiger partial charge is 0.342 e. The molecule has 0 saturated carbocycles. The van der Waals surface area contributed by atoms with Crippen LogP contribution in [0.3, 0.4) is 0 Å². The standard InChI is InChI=1S/C27H32F4N2O/c1-18-15-21(28)7-8-22(18)23-17-32-12-9-26(23)10-13-33(14-11-26)24(34)25(2,3)19-5-4-6-20(16-19)27(29,30)31/h4-8,15-16,23,32H,9-14,17H2,1-3H3/t23-/m0/s1. The van der Waals surface area contributed by atoms with Crippen molar-refractivity contribution in [1.82, 2.24) is 10.2 Å². The average molecular weight is 477 g/mol. The van der Waals surface area contributed by atoms with Crippen LogP contribution in [0.5, 0.6) is 0 Å². The third-order valence-corrected chi connectivity index (χ3v) is 7.99. The van der Waals surface area contributed by atoms with Gasteiger partial charge in [-0.2, -0.15) is 13.2 Å². The first-order valence-electron chi connectivity index (χ1n) is 11.9. The lowest BCUT2D eigenvalue weighted by molar-refractivity contribution is -0.140. The van der Waals surface area contributed by atoms with Crippen LogP contribution in [0, 0.1) is 18.2 Å². The Hall–Kier alpha value is -2.41. The fourth-order valence-electron chi connectivity index (χ4n) is 5.80. The maximum absolute atomic E-state index is 13.7. The molecule has 0 bridgehead atoms. The topological polar surface area (TPSA) is 32.3 Å². The molecule has 1 atom stereocenters. The predicted octanol–water partition coefficient (Wildman–Crippen LogP) is 5.82. The Bertz CT molecular complexity index is 1050. The molecule has 1 spiro atoms. The number of nitrogens with one attached hydrogen (secondary N) is 1. The average Bonchev–Trinajstić information content (AvgIpc) is 2.79. The van der Waals surface area contributed by atoms with Gasteiger partial charge in [0.2, 0.25) is 5.91 Å². The molecule has 2 saturated heterocycles. The van der Waals surface area contributed by atoms with Gasteiger partial charge in [-0.3, -0.25) is 4.79 Å². The molecule has 0 radical (unpaired) electrons. The number of hydrogen-bond donors (Lipinski definition) is 1. The summed E-state index contributed by atoms with van der Waals surface area (Å²) < 4.78 is 53.4. The molecule has 184 valence electrons. The van der Waals surface area contributed by atoms with Crippen LogP contribution in [0.25, 0.3) is 0 Å². The summed E-state index contributed by atoms with van der Waals surface area (Å²) in [7, 11) is 0. The first-order valence-corrected chi connectivity index (χ1v) is 11.9. The second-order valence-electron chi connectivity index (χ2n) is 10.4. The lowest BCUT2D eigenvalue weighted by Crippen LogP contribution is -2.53. The minimum absolute atomic E-state index is 0.0188. The number of likely N-dealkylation sites (tertiary alicyclic amines) is 1.